The Bertz CT molecular complexity index is 1170. The zero-order chi connectivity index (χ0) is 23.7. The number of hydrogen-bond acceptors (Lipinski definition) is 4. The van der Waals surface area contributed by atoms with Crippen LogP contribution >= 0.6 is 0 Å². The van der Waals surface area contributed by atoms with Gasteiger partial charge in [-0.25, -0.2) is 9.59 Å². The molecule has 176 valence electrons. The molecular formula is C27H28N2O5. The number of ether oxygens (including phenoxy) is 1. The number of alkyl carbamates (subject to hydrolysis) is 1. The van der Waals surface area contributed by atoms with Crippen LogP contribution in [0, 0.1) is 5.41 Å². The summed E-state index contributed by atoms with van der Waals surface area (Å²) in [5.74, 6) is -1.15. The van der Waals surface area contributed by atoms with Crippen molar-refractivity contribution in [2.24, 2.45) is 5.41 Å². The van der Waals surface area contributed by atoms with Gasteiger partial charge in [-0.15, -0.1) is 0 Å². The lowest BCUT2D eigenvalue weighted by molar-refractivity contribution is -0.160. The largest absolute Gasteiger partial charge is 0.479 e. The maximum atomic E-state index is 13.1. The number of nitrogens with one attached hydrogen (secondary N) is 1. The first kappa shape index (κ1) is 21.2. The first-order valence-corrected chi connectivity index (χ1v) is 11.9. The van der Waals surface area contributed by atoms with Crippen LogP contribution < -0.4 is 5.32 Å². The summed E-state index contributed by atoms with van der Waals surface area (Å²) in [7, 11) is 0. The fourth-order valence-corrected chi connectivity index (χ4v) is 6.52. The highest BCUT2D eigenvalue weighted by Crippen LogP contribution is 2.59. The van der Waals surface area contributed by atoms with Gasteiger partial charge in [0.25, 0.3) is 0 Å². The Labute approximate surface area is 198 Å². The maximum Gasteiger partial charge on any atom is 0.407 e. The van der Waals surface area contributed by atoms with Gasteiger partial charge in [-0.05, 0) is 53.4 Å². The highest BCUT2D eigenvalue weighted by Gasteiger charge is 2.69. The molecule has 2 bridgehead atoms. The molecule has 2 N–H and O–H groups in total. The molecule has 2 heterocycles. The fourth-order valence-electron chi connectivity index (χ4n) is 6.52. The number of aliphatic carboxylic acids is 1. The van der Waals surface area contributed by atoms with E-state index in [2.05, 4.69) is 29.6 Å². The van der Waals surface area contributed by atoms with Crippen molar-refractivity contribution in [3.05, 3.63) is 59.7 Å². The minimum Gasteiger partial charge on any atom is -0.479 e. The highest BCUT2D eigenvalue weighted by molar-refractivity contribution is 5.91. The Morgan fingerprint density at radius 3 is 2.18 bits per heavy atom. The predicted molar refractivity (Wildman–Crippen MR) is 124 cm³/mol. The molecule has 0 atom stereocenters. The molecule has 2 aromatic rings. The van der Waals surface area contributed by atoms with Gasteiger partial charge in [-0.3, -0.25) is 4.79 Å². The third kappa shape index (κ3) is 3.13. The number of amides is 2. The van der Waals surface area contributed by atoms with Crippen molar-refractivity contribution in [3.63, 3.8) is 0 Å². The Balaban J connectivity index is 1.10. The summed E-state index contributed by atoms with van der Waals surface area (Å²) in [6.45, 7) is 2.72. The van der Waals surface area contributed by atoms with Crippen molar-refractivity contribution in [2.45, 2.75) is 56.0 Å². The summed E-state index contributed by atoms with van der Waals surface area (Å²) in [6.07, 6.45) is 1.98. The minimum absolute atomic E-state index is 0.0255. The highest BCUT2D eigenvalue weighted by atomic mass is 16.5. The van der Waals surface area contributed by atoms with Crippen LogP contribution in [0.5, 0.6) is 0 Å². The van der Waals surface area contributed by atoms with E-state index in [0.717, 1.165) is 11.1 Å². The van der Waals surface area contributed by atoms with Gasteiger partial charge in [-0.1, -0.05) is 55.5 Å². The van der Waals surface area contributed by atoms with Gasteiger partial charge >= 0.3 is 12.1 Å². The van der Waals surface area contributed by atoms with Gasteiger partial charge in [0.15, 0.2) is 0 Å². The van der Waals surface area contributed by atoms with Gasteiger partial charge in [0.1, 0.15) is 12.1 Å². The van der Waals surface area contributed by atoms with Crippen molar-refractivity contribution in [2.75, 3.05) is 13.2 Å². The molecule has 5 aliphatic rings. The number of carbonyl (C=O) groups is 3. The van der Waals surface area contributed by atoms with E-state index in [4.69, 9.17) is 4.74 Å². The topological polar surface area (TPSA) is 95.9 Å². The second kappa shape index (κ2) is 7.08. The van der Waals surface area contributed by atoms with E-state index in [1.807, 2.05) is 31.2 Å². The first-order valence-electron chi connectivity index (χ1n) is 11.9. The Morgan fingerprint density at radius 1 is 1.03 bits per heavy atom. The molecule has 2 aromatic carbocycles. The molecule has 34 heavy (non-hydrogen) atoms. The zero-order valence-corrected chi connectivity index (χ0v) is 19.2. The summed E-state index contributed by atoms with van der Waals surface area (Å²) in [5, 5.41) is 12.7. The van der Waals surface area contributed by atoms with E-state index in [1.54, 1.807) is 0 Å². The molecule has 7 rings (SSSR count). The summed E-state index contributed by atoms with van der Waals surface area (Å²) >= 11 is 0. The number of nitrogens with zero attached hydrogens (tertiary/aromatic N) is 1. The predicted octanol–water partition coefficient (Wildman–Crippen LogP) is 3.91. The lowest BCUT2D eigenvalue weighted by Crippen LogP contribution is -2.57. The molecule has 7 heteroatoms. The van der Waals surface area contributed by atoms with E-state index in [9.17, 15) is 19.5 Å². The molecule has 7 nitrogen and oxygen atoms in total. The molecule has 2 saturated carbocycles. The van der Waals surface area contributed by atoms with Gasteiger partial charge in [0, 0.05) is 12.5 Å². The summed E-state index contributed by atoms with van der Waals surface area (Å²) < 4.78 is 5.66. The zero-order valence-electron chi connectivity index (χ0n) is 19.2. The van der Waals surface area contributed by atoms with Crippen LogP contribution in [0.25, 0.3) is 11.1 Å². The van der Waals surface area contributed by atoms with Crippen LogP contribution in [0.1, 0.15) is 56.1 Å². The molecule has 2 amide bonds. The summed E-state index contributed by atoms with van der Waals surface area (Å²) in [6, 6.07) is 16.3. The monoisotopic (exact) mass is 460 g/mol. The number of benzene rings is 2. The second-order valence-electron chi connectivity index (χ2n) is 10.9. The quantitative estimate of drug-likeness (QED) is 0.681. The van der Waals surface area contributed by atoms with Crippen LogP contribution in [0.15, 0.2) is 48.5 Å². The average molecular weight is 461 g/mol. The van der Waals surface area contributed by atoms with Crippen LogP contribution in [0.2, 0.25) is 0 Å². The van der Waals surface area contributed by atoms with Crippen LogP contribution in [-0.2, 0) is 14.3 Å². The lowest BCUT2D eigenvalue weighted by atomic mass is 9.63. The number of carbonyl (C=O) groups excluding carboxylic acids is 2. The van der Waals surface area contributed by atoms with Crippen molar-refractivity contribution in [3.8, 4) is 11.1 Å². The average Bonchev–Trinajstić information content (AvgIpc) is 3.21. The van der Waals surface area contributed by atoms with E-state index in [-0.39, 0.29) is 30.3 Å². The van der Waals surface area contributed by atoms with Crippen molar-refractivity contribution in [1.82, 2.24) is 10.2 Å². The third-order valence-corrected chi connectivity index (χ3v) is 8.25. The summed E-state index contributed by atoms with van der Waals surface area (Å²) in [4.78, 5) is 39.2. The SMILES string of the molecule is CC12CN(C(=O)CC3(NC(=O)OCC4c5ccccc5-c5ccccc54)CC3)C(C(=O)O)(C1)C2. The Hall–Kier alpha value is -3.35. The smallest absolute Gasteiger partial charge is 0.407 e. The number of rotatable bonds is 6. The number of fused-ring (bicyclic) bond motifs is 4. The molecule has 2 saturated heterocycles. The van der Waals surface area contributed by atoms with Gasteiger partial charge in [-0.2, -0.15) is 0 Å². The van der Waals surface area contributed by atoms with E-state index in [1.165, 1.54) is 16.0 Å². The molecule has 0 unspecified atom stereocenters. The molecule has 2 aliphatic heterocycles. The van der Waals surface area contributed by atoms with E-state index in [0.29, 0.717) is 32.2 Å². The molecular weight excluding hydrogens is 432 g/mol. The van der Waals surface area contributed by atoms with Gasteiger partial charge < -0.3 is 20.1 Å². The third-order valence-electron chi connectivity index (χ3n) is 8.25. The minimum atomic E-state index is -1.06. The molecule has 0 aromatic heterocycles. The van der Waals surface area contributed by atoms with Gasteiger partial charge in [0.05, 0.1) is 12.0 Å². The van der Waals surface area contributed by atoms with E-state index < -0.39 is 23.1 Å². The van der Waals surface area contributed by atoms with Crippen molar-refractivity contribution in [1.29, 1.82) is 0 Å². The lowest BCUT2D eigenvalue weighted by Gasteiger charge is -2.42. The van der Waals surface area contributed by atoms with Crippen molar-refractivity contribution < 1.29 is 24.2 Å². The molecule has 0 radical (unpaired) electrons. The van der Waals surface area contributed by atoms with Crippen molar-refractivity contribution >= 4 is 18.0 Å². The second-order valence-corrected chi connectivity index (χ2v) is 10.9. The fraction of sp³-hybridized carbons (Fsp3) is 0.444. The molecule has 0 spiro atoms. The van der Waals surface area contributed by atoms with Crippen LogP contribution in [0.4, 0.5) is 4.79 Å². The molecule has 3 aliphatic carbocycles. The Morgan fingerprint density at radius 2 is 1.62 bits per heavy atom. The van der Waals surface area contributed by atoms with Crippen LogP contribution in [0.3, 0.4) is 0 Å². The van der Waals surface area contributed by atoms with E-state index >= 15 is 0 Å². The van der Waals surface area contributed by atoms with Crippen LogP contribution in [-0.4, -0.2) is 52.2 Å². The first-order chi connectivity index (χ1) is 16.2. The normalized spacial score (nSPS) is 27.4. The Kier molecular flexibility index (Phi) is 4.41. The molecule has 4 fully saturated rings. The summed E-state index contributed by atoms with van der Waals surface area (Å²) in [5.41, 5.74) is 2.83. The number of hydrogen-bond donors (Lipinski definition) is 2. The van der Waals surface area contributed by atoms with Gasteiger partial charge in [0.2, 0.25) is 5.91 Å². The number of carboxylic acid groups (broad SMARTS) is 1. The standard InChI is InChI=1S/C27H28N2O5/c1-25-14-27(15-25,23(31)32)29(16-25)22(30)12-26(10-11-26)28-24(33)34-13-21-19-8-4-2-6-17(19)18-7-3-5-9-20(18)21/h2-9,21H,10-16H2,1H3,(H,28,33)(H,31,32). The maximum absolute atomic E-state index is 13.1. The number of carboxylic acids is 1.